The number of hydrogen-bond acceptors (Lipinski definition) is 5. The van der Waals surface area contributed by atoms with Crippen LogP contribution in [-0.2, 0) is 4.79 Å². The number of halogens is 1. The first kappa shape index (κ1) is 17.6. The normalized spacial score (nSPS) is 10.6. The molecule has 26 heavy (non-hydrogen) atoms. The molecular formula is C19H18FN3O3. The number of carbonyl (C=O) groups is 1. The molecule has 0 spiro atoms. The molecule has 0 aliphatic rings. The average molecular weight is 355 g/mol. The van der Waals surface area contributed by atoms with Gasteiger partial charge in [0.2, 0.25) is 5.91 Å². The van der Waals surface area contributed by atoms with Crippen LogP contribution in [0.3, 0.4) is 0 Å². The van der Waals surface area contributed by atoms with Gasteiger partial charge in [-0.25, -0.2) is 4.39 Å². The third-order valence-electron chi connectivity index (χ3n) is 3.70. The van der Waals surface area contributed by atoms with Crippen LogP contribution in [0.1, 0.15) is 6.42 Å². The molecule has 134 valence electrons. The number of fused-ring (bicyclic) bond motifs is 1. The maximum absolute atomic E-state index is 13.8. The maximum atomic E-state index is 13.8. The summed E-state index contributed by atoms with van der Waals surface area (Å²) in [5.74, 6) is 1.18. The number of hydrogen-bond donors (Lipinski definition) is 0. The van der Waals surface area contributed by atoms with Crippen molar-refractivity contribution in [3.63, 3.8) is 0 Å². The van der Waals surface area contributed by atoms with Crippen molar-refractivity contribution in [2.45, 2.75) is 6.42 Å². The van der Waals surface area contributed by atoms with E-state index in [1.54, 1.807) is 44.4 Å². The molecule has 0 N–H and O–H groups in total. The van der Waals surface area contributed by atoms with Gasteiger partial charge in [0.05, 0.1) is 24.6 Å². The van der Waals surface area contributed by atoms with Crippen LogP contribution < -0.4 is 9.47 Å². The number of nitrogens with zero attached hydrogens (tertiary/aromatic N) is 3. The second-order valence-electron chi connectivity index (χ2n) is 5.79. The fraction of sp³-hybridized carbons (Fsp3) is 0.211. The summed E-state index contributed by atoms with van der Waals surface area (Å²) >= 11 is 0. The quantitative estimate of drug-likeness (QED) is 0.678. The highest BCUT2D eigenvalue weighted by Crippen LogP contribution is 2.30. The van der Waals surface area contributed by atoms with E-state index in [1.165, 1.54) is 17.3 Å². The van der Waals surface area contributed by atoms with E-state index in [1.807, 2.05) is 0 Å². The summed E-state index contributed by atoms with van der Waals surface area (Å²) in [5, 5.41) is 0.495. The van der Waals surface area contributed by atoms with Gasteiger partial charge in [0.25, 0.3) is 0 Å². The lowest BCUT2D eigenvalue weighted by Crippen LogP contribution is -2.23. The van der Waals surface area contributed by atoms with Crippen molar-refractivity contribution in [3.05, 3.63) is 54.7 Å². The molecule has 2 heterocycles. The number of benzene rings is 1. The van der Waals surface area contributed by atoms with Crippen LogP contribution in [0.5, 0.6) is 17.2 Å². The number of pyridine rings is 2. The summed E-state index contributed by atoms with van der Waals surface area (Å²) in [6.07, 6.45) is 4.43. The Labute approximate surface area is 150 Å². The van der Waals surface area contributed by atoms with E-state index in [2.05, 4.69) is 9.97 Å². The summed E-state index contributed by atoms with van der Waals surface area (Å²) in [6, 6.07) is 8.63. The lowest BCUT2D eigenvalue weighted by Gasteiger charge is -2.12. The SMILES string of the molecule is CN(C)C(=O)CCOc1ccc(Oc2ccnc3c(F)cncc23)cc1. The Morgan fingerprint density at radius 2 is 1.85 bits per heavy atom. The molecule has 1 aromatic carbocycles. The van der Waals surface area contributed by atoms with Gasteiger partial charge in [0.15, 0.2) is 5.82 Å². The summed E-state index contributed by atoms with van der Waals surface area (Å²) in [5.41, 5.74) is 0.211. The Kier molecular flexibility index (Phi) is 5.26. The zero-order valence-electron chi connectivity index (χ0n) is 14.5. The molecule has 0 radical (unpaired) electrons. The van der Waals surface area contributed by atoms with Crippen molar-refractivity contribution in [1.29, 1.82) is 0 Å². The van der Waals surface area contributed by atoms with E-state index < -0.39 is 5.82 Å². The van der Waals surface area contributed by atoms with Crippen molar-refractivity contribution >= 4 is 16.8 Å². The third kappa shape index (κ3) is 4.05. The molecule has 0 saturated heterocycles. The standard InChI is InChI=1S/C19H18FN3O3/c1-23(2)18(24)8-10-25-13-3-5-14(6-4-13)26-17-7-9-22-19-15(17)11-21-12-16(19)20/h3-7,9,11-12H,8,10H2,1-2H3. The first-order valence-corrected chi connectivity index (χ1v) is 8.03. The molecule has 1 amide bonds. The minimum atomic E-state index is -0.496. The van der Waals surface area contributed by atoms with Gasteiger partial charge in [0, 0.05) is 26.5 Å². The number of amides is 1. The maximum Gasteiger partial charge on any atom is 0.225 e. The Morgan fingerprint density at radius 3 is 2.58 bits per heavy atom. The molecule has 0 unspecified atom stereocenters. The number of ether oxygens (including phenoxy) is 2. The smallest absolute Gasteiger partial charge is 0.225 e. The lowest BCUT2D eigenvalue weighted by atomic mass is 10.2. The largest absolute Gasteiger partial charge is 0.493 e. The molecule has 0 fully saturated rings. The van der Waals surface area contributed by atoms with Crippen molar-refractivity contribution in [2.24, 2.45) is 0 Å². The van der Waals surface area contributed by atoms with E-state index in [4.69, 9.17) is 9.47 Å². The van der Waals surface area contributed by atoms with Crippen LogP contribution in [0.2, 0.25) is 0 Å². The minimum absolute atomic E-state index is 0.00959. The van der Waals surface area contributed by atoms with Crippen LogP contribution in [0, 0.1) is 5.82 Å². The Balaban J connectivity index is 1.67. The number of aromatic nitrogens is 2. The van der Waals surface area contributed by atoms with E-state index in [-0.39, 0.29) is 11.4 Å². The van der Waals surface area contributed by atoms with Gasteiger partial charge in [-0.1, -0.05) is 0 Å². The second kappa shape index (κ2) is 7.77. The molecule has 6 nitrogen and oxygen atoms in total. The predicted octanol–water partition coefficient (Wildman–Crippen LogP) is 3.42. The van der Waals surface area contributed by atoms with Crippen molar-refractivity contribution < 1.29 is 18.7 Å². The molecule has 2 aromatic heterocycles. The van der Waals surface area contributed by atoms with E-state index in [9.17, 15) is 9.18 Å². The van der Waals surface area contributed by atoms with Crippen molar-refractivity contribution in [3.8, 4) is 17.2 Å². The summed E-state index contributed by atoms with van der Waals surface area (Å²) < 4.78 is 25.1. The molecule has 0 atom stereocenters. The summed E-state index contributed by atoms with van der Waals surface area (Å²) in [7, 11) is 3.41. The van der Waals surface area contributed by atoms with Gasteiger partial charge in [-0.3, -0.25) is 14.8 Å². The first-order valence-electron chi connectivity index (χ1n) is 8.03. The molecule has 3 aromatic rings. The van der Waals surface area contributed by atoms with E-state index in [0.29, 0.717) is 35.7 Å². The molecule has 0 aliphatic carbocycles. The van der Waals surface area contributed by atoms with Gasteiger partial charge in [-0.2, -0.15) is 0 Å². The Hall–Kier alpha value is -3.22. The second-order valence-corrected chi connectivity index (χ2v) is 5.79. The van der Waals surface area contributed by atoms with Crippen molar-refractivity contribution in [1.82, 2.24) is 14.9 Å². The van der Waals surface area contributed by atoms with Gasteiger partial charge < -0.3 is 14.4 Å². The average Bonchev–Trinajstić information content (AvgIpc) is 2.64. The fourth-order valence-corrected chi connectivity index (χ4v) is 2.31. The van der Waals surface area contributed by atoms with Gasteiger partial charge >= 0.3 is 0 Å². The molecule has 0 aliphatic heterocycles. The molecular weight excluding hydrogens is 337 g/mol. The zero-order valence-corrected chi connectivity index (χ0v) is 14.5. The van der Waals surface area contributed by atoms with Crippen LogP contribution in [0.25, 0.3) is 10.9 Å². The number of rotatable bonds is 6. The third-order valence-corrected chi connectivity index (χ3v) is 3.70. The molecule has 0 saturated carbocycles. The predicted molar refractivity (Wildman–Crippen MR) is 94.8 cm³/mol. The fourth-order valence-electron chi connectivity index (χ4n) is 2.31. The van der Waals surface area contributed by atoms with E-state index in [0.717, 1.165) is 6.20 Å². The zero-order chi connectivity index (χ0) is 18.5. The minimum Gasteiger partial charge on any atom is -0.493 e. The highest BCUT2D eigenvalue weighted by atomic mass is 19.1. The highest BCUT2D eigenvalue weighted by molar-refractivity contribution is 5.84. The van der Waals surface area contributed by atoms with Gasteiger partial charge in [-0.15, -0.1) is 0 Å². The van der Waals surface area contributed by atoms with Gasteiger partial charge in [0.1, 0.15) is 22.8 Å². The van der Waals surface area contributed by atoms with Gasteiger partial charge in [-0.05, 0) is 30.3 Å². The first-order chi connectivity index (χ1) is 12.5. The summed E-state index contributed by atoms with van der Waals surface area (Å²) in [6.45, 7) is 0.303. The monoisotopic (exact) mass is 355 g/mol. The van der Waals surface area contributed by atoms with Crippen LogP contribution in [-0.4, -0.2) is 41.5 Å². The highest BCUT2D eigenvalue weighted by Gasteiger charge is 2.09. The van der Waals surface area contributed by atoms with Crippen LogP contribution in [0.4, 0.5) is 4.39 Å². The topological polar surface area (TPSA) is 64.6 Å². The van der Waals surface area contributed by atoms with Crippen LogP contribution in [0.15, 0.2) is 48.9 Å². The number of carbonyl (C=O) groups excluding carboxylic acids is 1. The lowest BCUT2D eigenvalue weighted by molar-refractivity contribution is -0.129. The Bertz CT molecular complexity index is 914. The van der Waals surface area contributed by atoms with Crippen LogP contribution >= 0.6 is 0 Å². The molecule has 0 bridgehead atoms. The summed E-state index contributed by atoms with van der Waals surface area (Å²) in [4.78, 5) is 20.9. The molecule has 7 heteroatoms. The molecule has 3 rings (SSSR count). The van der Waals surface area contributed by atoms with E-state index >= 15 is 0 Å². The van der Waals surface area contributed by atoms with Crippen molar-refractivity contribution in [2.75, 3.05) is 20.7 Å². The Morgan fingerprint density at radius 1 is 1.12 bits per heavy atom.